The Labute approximate surface area is 169 Å². The molecule has 3 N–H and O–H groups in total. The minimum Gasteiger partial charge on any atom is -0.393 e. The lowest BCUT2D eigenvalue weighted by molar-refractivity contribution is -0.369. The molecule has 0 aromatic heterocycles. The largest absolute Gasteiger partial charge is 0.393 e. The van der Waals surface area contributed by atoms with Crippen molar-refractivity contribution >= 4 is 0 Å². The molecule has 0 unspecified atom stereocenters. The second kappa shape index (κ2) is 6.65. The molecule has 3 aliphatic carbocycles. The van der Waals surface area contributed by atoms with Gasteiger partial charge in [0, 0.05) is 11.8 Å². The summed E-state index contributed by atoms with van der Waals surface area (Å²) in [6, 6.07) is 0. The quantitative estimate of drug-likeness (QED) is 0.635. The summed E-state index contributed by atoms with van der Waals surface area (Å²) in [6.07, 6.45) is 2.32. The summed E-state index contributed by atoms with van der Waals surface area (Å²) >= 11 is 0. The maximum absolute atomic E-state index is 12.4. The molecule has 4 rings (SSSR count). The highest BCUT2D eigenvalue weighted by molar-refractivity contribution is 5.19. The number of fused-ring (bicyclic) bond motifs is 1. The van der Waals surface area contributed by atoms with Gasteiger partial charge in [-0.05, 0) is 76.0 Å². The third kappa shape index (κ3) is 2.91. The lowest BCUT2D eigenvalue weighted by Gasteiger charge is -2.67. The number of ether oxygens (including phenoxy) is 2. The second-order valence-electron chi connectivity index (χ2n) is 11.3. The maximum Gasteiger partial charge on any atom is 0.163 e. The molecule has 0 amide bonds. The highest BCUT2D eigenvalue weighted by Crippen LogP contribution is 2.63. The van der Waals surface area contributed by atoms with Crippen LogP contribution in [0.3, 0.4) is 0 Å². The van der Waals surface area contributed by atoms with E-state index in [9.17, 15) is 15.3 Å². The number of hydrogen-bond donors (Lipinski definition) is 3. The lowest BCUT2D eigenvalue weighted by atomic mass is 9.44. The Balaban J connectivity index is 1.88. The summed E-state index contributed by atoms with van der Waals surface area (Å²) in [5, 5.41) is 35.0. The molecule has 5 nitrogen and oxygen atoms in total. The van der Waals surface area contributed by atoms with Crippen molar-refractivity contribution in [3.63, 3.8) is 0 Å². The second-order valence-corrected chi connectivity index (χ2v) is 11.3. The highest BCUT2D eigenvalue weighted by Gasteiger charge is 2.70. The van der Waals surface area contributed by atoms with Crippen LogP contribution in [0.4, 0.5) is 0 Å². The van der Waals surface area contributed by atoms with E-state index >= 15 is 0 Å². The normalized spacial score (nSPS) is 55.9. The fraction of sp³-hybridized carbons (Fsp3) is 1.00. The molecule has 4 bridgehead atoms. The van der Waals surface area contributed by atoms with Gasteiger partial charge in [0.15, 0.2) is 5.79 Å². The number of hydrogen-bond acceptors (Lipinski definition) is 5. The molecule has 0 aromatic carbocycles. The summed E-state index contributed by atoms with van der Waals surface area (Å²) in [7, 11) is 0. The van der Waals surface area contributed by atoms with Crippen LogP contribution in [0.1, 0.15) is 67.2 Å². The summed E-state index contributed by atoms with van der Waals surface area (Å²) in [4.78, 5) is 0. The average molecular weight is 397 g/mol. The van der Waals surface area contributed by atoms with Crippen LogP contribution < -0.4 is 0 Å². The Morgan fingerprint density at radius 1 is 1.07 bits per heavy atom. The fourth-order valence-corrected chi connectivity index (χ4v) is 7.36. The van der Waals surface area contributed by atoms with Gasteiger partial charge in [0.05, 0.1) is 24.4 Å². The third-order valence-corrected chi connectivity index (χ3v) is 8.97. The van der Waals surface area contributed by atoms with E-state index in [2.05, 4.69) is 20.8 Å². The van der Waals surface area contributed by atoms with Gasteiger partial charge in [0.1, 0.15) is 5.60 Å². The smallest absolute Gasteiger partial charge is 0.163 e. The van der Waals surface area contributed by atoms with Gasteiger partial charge in [0.25, 0.3) is 0 Å². The van der Waals surface area contributed by atoms with Gasteiger partial charge >= 0.3 is 0 Å². The zero-order valence-corrected chi connectivity index (χ0v) is 18.4. The van der Waals surface area contributed by atoms with Crippen molar-refractivity contribution in [2.24, 2.45) is 41.4 Å². The van der Waals surface area contributed by atoms with Crippen LogP contribution in [0.15, 0.2) is 0 Å². The van der Waals surface area contributed by atoms with E-state index in [0.29, 0.717) is 25.4 Å². The van der Waals surface area contributed by atoms with Gasteiger partial charge in [-0.2, -0.15) is 0 Å². The van der Waals surface area contributed by atoms with Crippen LogP contribution in [0, 0.1) is 41.4 Å². The van der Waals surface area contributed by atoms with Crippen LogP contribution in [-0.4, -0.2) is 51.1 Å². The SMILES string of the molecule is CC(C)[C@H]1C[C@H](O)[C@H](C)[C@@H]2CC[C@@](C)(O)[C@@]3(O)[C@@H]2[C@@H]2OC(C)(C)OC[C@@H]2C[C@@H]13. The van der Waals surface area contributed by atoms with E-state index in [1.165, 1.54) is 0 Å². The van der Waals surface area contributed by atoms with Crippen LogP contribution in [0.2, 0.25) is 0 Å². The van der Waals surface area contributed by atoms with E-state index in [4.69, 9.17) is 9.47 Å². The Kier molecular flexibility index (Phi) is 5.00. The molecule has 1 saturated heterocycles. The predicted molar refractivity (Wildman–Crippen MR) is 106 cm³/mol. The fourth-order valence-electron chi connectivity index (χ4n) is 7.36. The molecule has 4 aliphatic rings. The number of aliphatic hydroxyl groups excluding tert-OH is 1. The number of aliphatic hydroxyl groups is 3. The number of rotatable bonds is 1. The van der Waals surface area contributed by atoms with E-state index in [0.717, 1.165) is 12.8 Å². The zero-order valence-electron chi connectivity index (χ0n) is 18.4. The topological polar surface area (TPSA) is 79.2 Å². The summed E-state index contributed by atoms with van der Waals surface area (Å²) in [5.41, 5.74) is -2.35. The van der Waals surface area contributed by atoms with Crippen molar-refractivity contribution in [1.82, 2.24) is 0 Å². The molecule has 5 heteroatoms. The first-order valence-corrected chi connectivity index (χ1v) is 11.3. The van der Waals surface area contributed by atoms with E-state index < -0.39 is 17.0 Å². The van der Waals surface area contributed by atoms with Crippen molar-refractivity contribution in [1.29, 1.82) is 0 Å². The molecule has 10 atom stereocenters. The molecule has 0 aromatic rings. The van der Waals surface area contributed by atoms with Gasteiger partial charge in [0.2, 0.25) is 0 Å². The van der Waals surface area contributed by atoms with E-state index in [1.54, 1.807) is 0 Å². The minimum atomic E-state index is -1.20. The highest BCUT2D eigenvalue weighted by atomic mass is 16.7. The molecular weight excluding hydrogens is 356 g/mol. The standard InChI is InChI=1S/C23H40O5/c1-12(2)16-10-18(24)13(3)15-7-8-22(6,25)23(26)17(16)9-14-11-27-21(4,5)28-20(14)19(15)23/h12-20,24-26H,7-11H2,1-6H3/t13-,14+,15+,16-,17+,18+,19+,20-,22-,23+/m1/s1. The zero-order chi connectivity index (χ0) is 20.6. The first-order chi connectivity index (χ1) is 12.9. The molecule has 1 aliphatic heterocycles. The maximum atomic E-state index is 12.4. The first-order valence-electron chi connectivity index (χ1n) is 11.3. The van der Waals surface area contributed by atoms with Crippen molar-refractivity contribution < 1.29 is 24.8 Å². The average Bonchev–Trinajstić information content (AvgIpc) is 2.58. The lowest BCUT2D eigenvalue weighted by Crippen LogP contribution is -2.76. The molecule has 28 heavy (non-hydrogen) atoms. The first kappa shape index (κ1) is 21.0. The predicted octanol–water partition coefficient (Wildman–Crippen LogP) is 2.96. The van der Waals surface area contributed by atoms with Crippen LogP contribution in [-0.2, 0) is 9.47 Å². The van der Waals surface area contributed by atoms with Gasteiger partial charge in [-0.25, -0.2) is 0 Å². The molecular formula is C23H40O5. The van der Waals surface area contributed by atoms with Crippen molar-refractivity contribution in [2.45, 2.75) is 96.4 Å². The Morgan fingerprint density at radius 2 is 1.75 bits per heavy atom. The van der Waals surface area contributed by atoms with Crippen molar-refractivity contribution in [3.8, 4) is 0 Å². The van der Waals surface area contributed by atoms with Crippen LogP contribution >= 0.6 is 0 Å². The van der Waals surface area contributed by atoms with Gasteiger partial charge < -0.3 is 24.8 Å². The Bertz CT molecular complexity index is 602. The third-order valence-electron chi connectivity index (χ3n) is 8.97. The van der Waals surface area contributed by atoms with E-state index in [1.807, 2.05) is 20.8 Å². The minimum absolute atomic E-state index is 0.0629. The summed E-state index contributed by atoms with van der Waals surface area (Å²) < 4.78 is 12.5. The molecule has 162 valence electrons. The molecule has 0 spiro atoms. The van der Waals surface area contributed by atoms with Gasteiger partial charge in [-0.3, -0.25) is 0 Å². The molecule has 0 radical (unpaired) electrons. The molecule has 4 fully saturated rings. The van der Waals surface area contributed by atoms with Gasteiger partial charge in [-0.1, -0.05) is 20.8 Å². The van der Waals surface area contributed by atoms with Crippen LogP contribution in [0.25, 0.3) is 0 Å². The van der Waals surface area contributed by atoms with Crippen molar-refractivity contribution in [2.75, 3.05) is 6.61 Å². The van der Waals surface area contributed by atoms with Crippen LogP contribution in [0.5, 0.6) is 0 Å². The Hall–Kier alpha value is -0.200. The van der Waals surface area contributed by atoms with Gasteiger partial charge in [-0.15, -0.1) is 0 Å². The molecule has 3 saturated carbocycles. The monoisotopic (exact) mass is 396 g/mol. The Morgan fingerprint density at radius 3 is 2.39 bits per heavy atom. The summed E-state index contributed by atoms with van der Waals surface area (Å²) in [6.45, 7) is 12.8. The van der Waals surface area contributed by atoms with E-state index in [-0.39, 0.29) is 47.7 Å². The van der Waals surface area contributed by atoms with Crippen molar-refractivity contribution in [3.05, 3.63) is 0 Å². The molecule has 1 heterocycles. The summed E-state index contributed by atoms with van der Waals surface area (Å²) in [5.74, 6) is -0.0206.